The van der Waals surface area contributed by atoms with Crippen molar-refractivity contribution >= 4 is 17.0 Å². The van der Waals surface area contributed by atoms with Crippen LogP contribution in [0, 0.1) is 0 Å². The highest BCUT2D eigenvalue weighted by Gasteiger charge is 2.22. The van der Waals surface area contributed by atoms with E-state index in [9.17, 15) is 4.79 Å². The maximum absolute atomic E-state index is 11.5. The molecule has 3 rings (SSSR count). The molecule has 1 aromatic heterocycles. The van der Waals surface area contributed by atoms with Crippen LogP contribution in [-0.2, 0) is 17.5 Å². The van der Waals surface area contributed by atoms with E-state index in [0.717, 1.165) is 0 Å². The molecule has 2 N–H and O–H groups in total. The van der Waals surface area contributed by atoms with E-state index in [2.05, 4.69) is 15.0 Å². The van der Waals surface area contributed by atoms with E-state index >= 15 is 0 Å². The van der Waals surface area contributed by atoms with Crippen LogP contribution in [0.4, 0.5) is 4.79 Å². The van der Waals surface area contributed by atoms with Gasteiger partial charge in [0.15, 0.2) is 0 Å². The van der Waals surface area contributed by atoms with Gasteiger partial charge in [0.25, 0.3) is 0 Å². The topological polar surface area (TPSA) is 57.4 Å². The lowest BCUT2D eigenvalue weighted by Crippen LogP contribution is -2.28. The van der Waals surface area contributed by atoms with Gasteiger partial charge in [-0.15, -0.1) is 0 Å². The van der Waals surface area contributed by atoms with E-state index in [1.54, 1.807) is 0 Å². The number of nitrogens with one attached hydrogen (secondary N) is 2. The molecule has 1 saturated heterocycles. The predicted molar refractivity (Wildman–Crippen MR) is 82.5 cm³/mol. The number of alkyl carbamates (subject to hydrolysis) is 1. The number of nitrogens with zero attached hydrogens (tertiary/aromatic N) is 1. The number of fused-ring (bicyclic) bond motifs is 1. The van der Waals surface area contributed by atoms with Crippen LogP contribution < -0.4 is 5.32 Å². The maximum atomic E-state index is 11.5. The van der Waals surface area contributed by atoms with Gasteiger partial charge in [0, 0.05) is 40.0 Å². The summed E-state index contributed by atoms with van der Waals surface area (Å²) >= 11 is 0. The van der Waals surface area contributed by atoms with Gasteiger partial charge in [-0.25, -0.2) is 4.79 Å². The summed E-state index contributed by atoms with van der Waals surface area (Å²) in [7, 11) is 0. The van der Waals surface area contributed by atoms with E-state index < -0.39 is 103 Å². The van der Waals surface area contributed by atoms with Gasteiger partial charge in [-0.2, -0.15) is 0 Å². The van der Waals surface area contributed by atoms with Crippen molar-refractivity contribution in [1.82, 2.24) is 15.2 Å². The first-order valence-electron chi connectivity index (χ1n) is 13.9. The first-order chi connectivity index (χ1) is 16.5. The third kappa shape index (κ3) is 3.19. The molecule has 0 radical (unpaired) electrons. The molecule has 1 aliphatic heterocycles. The molecule has 21 heavy (non-hydrogen) atoms. The first-order valence-corrected chi connectivity index (χ1v) is 5.85. The zero-order valence-corrected chi connectivity index (χ0v) is 10.5. The lowest BCUT2D eigenvalue weighted by atomic mass is 10.0. The average molecular weight is 303 g/mol. The van der Waals surface area contributed by atoms with Gasteiger partial charge in [0.2, 0.25) is 0 Å². The molecule has 1 atom stereocenters. The normalized spacial score (nSPS) is 32.6. The lowest BCUT2D eigenvalue weighted by molar-refractivity contribution is 0.177. The highest BCUT2D eigenvalue weighted by atomic mass is 16.6. The molecule has 0 saturated carbocycles. The van der Waals surface area contributed by atoms with Crippen molar-refractivity contribution in [3.05, 3.63) is 35.4 Å². The molecule has 1 aliphatic rings. The van der Waals surface area contributed by atoms with E-state index in [1.165, 1.54) is 0 Å². The average Bonchev–Trinajstić information content (AvgIpc) is 3.27. The van der Waals surface area contributed by atoms with Crippen molar-refractivity contribution < 1.29 is 31.5 Å². The molecule has 2 heterocycles. The Morgan fingerprint density at radius 2 is 2.48 bits per heavy atom. The van der Waals surface area contributed by atoms with Gasteiger partial charge < -0.3 is 19.9 Å². The fourth-order valence-electron chi connectivity index (χ4n) is 1.79. The number of rotatable bonds is 5. The lowest BCUT2D eigenvalue weighted by Gasteiger charge is -2.09. The van der Waals surface area contributed by atoms with Crippen molar-refractivity contribution in [2.75, 3.05) is 27.1 Å². The number of ether oxygens (including phenoxy) is 1. The summed E-state index contributed by atoms with van der Waals surface area (Å²) in [6.45, 7) is -11.7. The fourth-order valence-corrected chi connectivity index (χ4v) is 1.79. The molecule has 112 valence electrons. The molecule has 1 fully saturated rings. The number of carbonyl (C=O) groups is 1. The number of benzene rings is 1. The number of aryl methyl sites for hydroxylation is 1. The van der Waals surface area contributed by atoms with Gasteiger partial charge >= 0.3 is 6.09 Å². The van der Waals surface area contributed by atoms with Crippen LogP contribution in [-0.4, -0.2) is 49.1 Å². The molecule has 0 unspecified atom stereocenters. The molecule has 2 aromatic rings. The van der Waals surface area contributed by atoms with E-state index in [4.69, 9.17) is 21.9 Å². The molecular formula is C16H21N3O2. The molecule has 5 nitrogen and oxygen atoms in total. The monoisotopic (exact) mass is 303 g/mol. The largest absolute Gasteiger partial charge is 0.447 e. The van der Waals surface area contributed by atoms with Gasteiger partial charge in [0.1, 0.15) is 6.61 Å². The zero-order valence-electron chi connectivity index (χ0n) is 26.5. The minimum Gasteiger partial charge on any atom is -0.447 e. The van der Waals surface area contributed by atoms with Crippen LogP contribution in [0.15, 0.2) is 24.3 Å². The predicted octanol–water partition coefficient (Wildman–Crippen LogP) is 1.92. The molecule has 0 aliphatic carbocycles. The number of H-pyrrole nitrogens is 1. The second-order valence-corrected chi connectivity index (χ2v) is 4.14. The van der Waals surface area contributed by atoms with E-state index in [0.29, 0.717) is 0 Å². The highest BCUT2D eigenvalue weighted by Crippen LogP contribution is 2.21. The Bertz CT molecular complexity index is 1230. The Morgan fingerprint density at radius 1 is 1.57 bits per heavy atom. The van der Waals surface area contributed by atoms with Crippen LogP contribution in [0.1, 0.15) is 33.1 Å². The van der Waals surface area contributed by atoms with Crippen LogP contribution in [0.2, 0.25) is 0 Å². The quantitative estimate of drug-likeness (QED) is 0.887. The summed E-state index contributed by atoms with van der Waals surface area (Å²) in [6.07, 6.45) is -8.31. The number of amides is 1. The molecule has 0 spiro atoms. The van der Waals surface area contributed by atoms with Gasteiger partial charge in [0.05, 0.1) is 11.5 Å². The Kier molecular flexibility index (Phi) is 1.23. The SMILES string of the molecule is [2H]c1[nH]c2c([2H])c([2H])c(C([2H])([2H])[C@H]3COC(=O)N3)c([2H])c2c1C([2H])([2H])C([2H])([2H])N(C([2H])([2H])[2H])C([2H])([2H])[2H]. The molecule has 0 bridgehead atoms. The second-order valence-electron chi connectivity index (χ2n) is 4.14. The number of hydrogen-bond donors (Lipinski definition) is 2. The first kappa shape index (κ1) is 4.49. The van der Waals surface area contributed by atoms with Crippen molar-refractivity contribution in [1.29, 1.82) is 0 Å². The molecular weight excluding hydrogens is 266 g/mol. The Hall–Kier alpha value is -2.01. The van der Waals surface area contributed by atoms with Gasteiger partial charge in [-0.1, -0.05) is 6.04 Å². The van der Waals surface area contributed by atoms with Crippen LogP contribution >= 0.6 is 0 Å². The van der Waals surface area contributed by atoms with Crippen molar-refractivity contribution in [2.45, 2.75) is 18.8 Å². The highest BCUT2D eigenvalue weighted by molar-refractivity contribution is 5.84. The smallest absolute Gasteiger partial charge is 0.407 e. The zero-order chi connectivity index (χ0) is 28.7. The van der Waals surface area contributed by atoms with Crippen molar-refractivity contribution in [3.63, 3.8) is 0 Å². The minimum absolute atomic E-state index is 0.505. The second kappa shape index (κ2) is 5.77. The Labute approximate surface area is 146 Å². The summed E-state index contributed by atoms with van der Waals surface area (Å²) in [5.41, 5.74) is -2.37. The number of carbonyl (C=O) groups excluding carboxylic acids is 1. The number of hydrogen-bond acceptors (Lipinski definition) is 3. The molecule has 5 heteroatoms. The molecule has 1 aromatic carbocycles. The molecule has 1 amide bonds. The standard InChI is InChI=1S/C16H21N3O2/c1-19(2)6-5-12-9-17-15-4-3-11(8-14(12)15)7-13-10-21-16(20)18-13/h3-4,8-9,13,17H,5-7,10H2,1-2H3,(H,18,20)/t13-/m0/s1/i1D3,2D3,3D,4D,5D2,6D2,7D2,8D,9D. The number of likely N-dealkylation sites (N-methyl/N-ethyl adjacent to an activating group) is 1. The number of aromatic nitrogens is 1. The van der Waals surface area contributed by atoms with Crippen LogP contribution in [0.25, 0.3) is 10.9 Å². The Morgan fingerprint density at radius 3 is 3.24 bits per heavy atom. The van der Waals surface area contributed by atoms with E-state index in [1.807, 2.05) is 0 Å². The number of cyclic esters (lactones) is 1. The number of aromatic amines is 1. The summed E-state index contributed by atoms with van der Waals surface area (Å²) < 4.78 is 134. The fraction of sp³-hybridized carbons (Fsp3) is 0.438. The van der Waals surface area contributed by atoms with Gasteiger partial charge in [-0.3, -0.25) is 0 Å². The summed E-state index contributed by atoms with van der Waals surface area (Å²) in [4.78, 5) is 13.0. The van der Waals surface area contributed by atoms with E-state index in [-0.39, 0.29) is 0 Å². The third-order valence-electron chi connectivity index (χ3n) is 2.66. The Balaban J connectivity index is 2.38. The van der Waals surface area contributed by atoms with Crippen LogP contribution in [0.3, 0.4) is 0 Å². The van der Waals surface area contributed by atoms with Crippen molar-refractivity contribution in [3.8, 4) is 0 Å². The summed E-state index contributed by atoms with van der Waals surface area (Å²) in [6, 6.07) is -4.00. The van der Waals surface area contributed by atoms with Crippen LogP contribution in [0.5, 0.6) is 0 Å². The summed E-state index contributed by atoms with van der Waals surface area (Å²) in [5, 5.41) is 1.44. The maximum Gasteiger partial charge on any atom is 0.407 e. The summed E-state index contributed by atoms with van der Waals surface area (Å²) in [5.74, 6) is 0. The van der Waals surface area contributed by atoms with Gasteiger partial charge in [-0.05, 0) is 49.9 Å². The third-order valence-corrected chi connectivity index (χ3v) is 2.66. The van der Waals surface area contributed by atoms with Crippen molar-refractivity contribution in [2.24, 2.45) is 0 Å². The minimum atomic E-state index is -3.87.